The van der Waals surface area contributed by atoms with Crippen LogP contribution in [0.1, 0.15) is 12.8 Å². The number of rotatable bonds is 3. The van der Waals surface area contributed by atoms with Crippen molar-refractivity contribution in [2.45, 2.75) is 23.3 Å². The fourth-order valence-electron chi connectivity index (χ4n) is 1.61. The zero-order chi connectivity index (χ0) is 11.8. The number of thioether (sulfide) groups is 1. The van der Waals surface area contributed by atoms with E-state index < -0.39 is 5.54 Å². The van der Waals surface area contributed by atoms with Crippen molar-refractivity contribution in [3.63, 3.8) is 0 Å². The minimum atomic E-state index is -0.590. The van der Waals surface area contributed by atoms with Crippen molar-refractivity contribution >= 4 is 35.8 Å². The van der Waals surface area contributed by atoms with Crippen LogP contribution in [-0.2, 0) is 4.79 Å². The number of nitrogens with zero attached hydrogens (tertiary/aromatic N) is 1. The third-order valence-electron chi connectivity index (χ3n) is 2.98. The summed E-state index contributed by atoms with van der Waals surface area (Å²) in [6, 6.07) is 7.94. The maximum absolute atomic E-state index is 12.0. The average molecular weight is 273 g/mol. The van der Waals surface area contributed by atoms with Crippen LogP contribution in [0, 0.1) is 0 Å². The smallest absolute Gasteiger partial charge is 0.246 e. The monoisotopic (exact) mass is 272 g/mol. The molecule has 0 radical (unpaired) electrons. The first kappa shape index (κ1) is 14.4. The molecule has 0 aliphatic heterocycles. The fraction of sp³-hybridized carbons (Fsp3) is 0.417. The minimum absolute atomic E-state index is 0. The molecule has 17 heavy (non-hydrogen) atoms. The first-order chi connectivity index (χ1) is 7.57. The highest BCUT2D eigenvalue weighted by atomic mass is 35.5. The number of hydrogen-bond acceptors (Lipinski definition) is 3. The number of carbonyl (C=O) groups is 1. The van der Waals surface area contributed by atoms with Gasteiger partial charge in [-0.3, -0.25) is 4.79 Å². The van der Waals surface area contributed by atoms with E-state index in [0.717, 1.165) is 18.5 Å². The Morgan fingerprint density at radius 2 is 1.88 bits per heavy atom. The van der Waals surface area contributed by atoms with E-state index in [1.165, 1.54) is 4.90 Å². The van der Waals surface area contributed by atoms with Crippen molar-refractivity contribution in [1.82, 2.24) is 0 Å². The molecule has 0 spiro atoms. The van der Waals surface area contributed by atoms with Gasteiger partial charge in [-0.1, -0.05) is 0 Å². The Bertz CT molecular complexity index is 403. The number of amides is 1. The summed E-state index contributed by atoms with van der Waals surface area (Å²) in [6.45, 7) is 0. The summed E-state index contributed by atoms with van der Waals surface area (Å²) in [4.78, 5) is 14.8. The molecular formula is C12H17ClN2OS. The molecule has 0 saturated heterocycles. The van der Waals surface area contributed by atoms with Gasteiger partial charge in [0.25, 0.3) is 0 Å². The summed E-state index contributed by atoms with van der Waals surface area (Å²) in [5.74, 6) is 0.0180. The number of halogens is 1. The molecule has 1 amide bonds. The van der Waals surface area contributed by atoms with Crippen LogP contribution in [0.25, 0.3) is 0 Å². The molecule has 0 heterocycles. The zero-order valence-electron chi connectivity index (χ0n) is 9.97. The normalized spacial score (nSPS) is 15.9. The third kappa shape index (κ3) is 2.94. The van der Waals surface area contributed by atoms with Gasteiger partial charge in [0, 0.05) is 17.6 Å². The van der Waals surface area contributed by atoms with E-state index in [2.05, 4.69) is 0 Å². The van der Waals surface area contributed by atoms with Crippen LogP contribution in [0.3, 0.4) is 0 Å². The van der Waals surface area contributed by atoms with Gasteiger partial charge in [0.1, 0.15) is 0 Å². The average Bonchev–Trinajstić information content (AvgIpc) is 3.07. The second-order valence-electron chi connectivity index (χ2n) is 4.22. The molecule has 0 atom stereocenters. The van der Waals surface area contributed by atoms with Gasteiger partial charge in [0.2, 0.25) is 5.91 Å². The predicted molar refractivity (Wildman–Crippen MR) is 75.0 cm³/mol. The maximum atomic E-state index is 12.0. The molecule has 0 unspecified atom stereocenters. The molecule has 1 aromatic carbocycles. The first-order valence-electron chi connectivity index (χ1n) is 5.28. The Kier molecular flexibility index (Phi) is 4.47. The van der Waals surface area contributed by atoms with Crippen LogP contribution in [0.2, 0.25) is 0 Å². The van der Waals surface area contributed by atoms with Crippen molar-refractivity contribution in [3.8, 4) is 0 Å². The number of benzene rings is 1. The van der Waals surface area contributed by atoms with Gasteiger partial charge in [-0.05, 0) is 43.4 Å². The van der Waals surface area contributed by atoms with Crippen molar-refractivity contribution in [1.29, 1.82) is 0 Å². The summed E-state index contributed by atoms with van der Waals surface area (Å²) in [7, 11) is 1.78. The standard InChI is InChI=1S/C12H16N2OS.ClH/c1-14(11(15)12(13)7-8-12)9-3-5-10(16-2)6-4-9;/h3-6H,7-8,13H2,1-2H3;1H. The second kappa shape index (κ2) is 5.29. The molecule has 0 aromatic heterocycles. The van der Waals surface area contributed by atoms with Crippen LogP contribution in [-0.4, -0.2) is 24.7 Å². The van der Waals surface area contributed by atoms with Crippen molar-refractivity contribution in [2.24, 2.45) is 5.73 Å². The SMILES string of the molecule is CSc1ccc(N(C)C(=O)C2(N)CC2)cc1.Cl. The summed E-state index contributed by atoms with van der Waals surface area (Å²) >= 11 is 1.69. The van der Waals surface area contributed by atoms with Crippen molar-refractivity contribution < 1.29 is 4.79 Å². The number of anilines is 1. The number of hydrogen-bond donors (Lipinski definition) is 1. The van der Waals surface area contributed by atoms with Gasteiger partial charge in [-0.2, -0.15) is 0 Å². The lowest BCUT2D eigenvalue weighted by Crippen LogP contribution is -2.43. The van der Waals surface area contributed by atoms with Gasteiger partial charge < -0.3 is 10.6 Å². The molecule has 2 N–H and O–H groups in total. The fourth-order valence-corrected chi connectivity index (χ4v) is 2.01. The summed E-state index contributed by atoms with van der Waals surface area (Å²) in [5.41, 5.74) is 6.20. The summed E-state index contributed by atoms with van der Waals surface area (Å²) < 4.78 is 0. The lowest BCUT2D eigenvalue weighted by Gasteiger charge is -2.21. The zero-order valence-corrected chi connectivity index (χ0v) is 11.6. The molecule has 5 heteroatoms. The van der Waals surface area contributed by atoms with Gasteiger partial charge in [0.05, 0.1) is 5.54 Å². The number of nitrogens with two attached hydrogens (primary N) is 1. The lowest BCUT2D eigenvalue weighted by atomic mass is 10.2. The van der Waals surface area contributed by atoms with E-state index in [0.29, 0.717) is 0 Å². The number of likely N-dealkylation sites (N-methyl/N-ethyl adjacent to an activating group) is 1. The maximum Gasteiger partial charge on any atom is 0.246 e. The Balaban J connectivity index is 0.00000144. The number of carbonyl (C=O) groups excluding carboxylic acids is 1. The van der Waals surface area contributed by atoms with Gasteiger partial charge >= 0.3 is 0 Å². The van der Waals surface area contributed by atoms with Gasteiger partial charge in [0.15, 0.2) is 0 Å². The quantitative estimate of drug-likeness (QED) is 0.859. The third-order valence-corrected chi connectivity index (χ3v) is 3.72. The molecule has 1 aliphatic rings. The van der Waals surface area contributed by atoms with Gasteiger partial charge in [-0.25, -0.2) is 0 Å². The molecule has 1 fully saturated rings. The molecule has 1 aliphatic carbocycles. The van der Waals surface area contributed by atoms with Crippen molar-refractivity contribution in [3.05, 3.63) is 24.3 Å². The van der Waals surface area contributed by atoms with Crippen LogP contribution in [0.4, 0.5) is 5.69 Å². The van der Waals surface area contributed by atoms with Crippen LogP contribution < -0.4 is 10.6 Å². The minimum Gasteiger partial charge on any atom is -0.317 e. The Morgan fingerprint density at radius 1 is 1.35 bits per heavy atom. The molecule has 3 nitrogen and oxygen atoms in total. The van der Waals surface area contributed by atoms with E-state index in [9.17, 15) is 4.79 Å². The van der Waals surface area contributed by atoms with Crippen LogP contribution in [0.15, 0.2) is 29.2 Å². The second-order valence-corrected chi connectivity index (χ2v) is 5.10. The summed E-state index contributed by atoms with van der Waals surface area (Å²) in [5, 5.41) is 0. The highest BCUT2D eigenvalue weighted by Gasteiger charge is 2.47. The van der Waals surface area contributed by atoms with E-state index in [4.69, 9.17) is 5.73 Å². The van der Waals surface area contributed by atoms with E-state index >= 15 is 0 Å². The Morgan fingerprint density at radius 3 is 2.29 bits per heavy atom. The van der Waals surface area contributed by atoms with Crippen LogP contribution >= 0.6 is 24.2 Å². The van der Waals surface area contributed by atoms with Gasteiger partial charge in [-0.15, -0.1) is 24.2 Å². The molecule has 1 saturated carbocycles. The van der Waals surface area contributed by atoms with Crippen molar-refractivity contribution in [2.75, 3.05) is 18.2 Å². The highest BCUT2D eigenvalue weighted by Crippen LogP contribution is 2.35. The lowest BCUT2D eigenvalue weighted by molar-refractivity contribution is -0.120. The topological polar surface area (TPSA) is 46.3 Å². The first-order valence-corrected chi connectivity index (χ1v) is 6.50. The summed E-state index contributed by atoms with van der Waals surface area (Å²) in [6.07, 6.45) is 3.64. The molecule has 1 aromatic rings. The molecule has 2 rings (SSSR count). The predicted octanol–water partition coefficient (Wildman–Crippen LogP) is 2.28. The molecular weight excluding hydrogens is 256 g/mol. The Labute approximate surface area is 112 Å². The highest BCUT2D eigenvalue weighted by molar-refractivity contribution is 7.98. The molecule has 0 bridgehead atoms. The van der Waals surface area contributed by atoms with Crippen LogP contribution in [0.5, 0.6) is 0 Å². The Hall–Kier alpha value is -0.710. The van der Waals surface area contributed by atoms with E-state index in [1.54, 1.807) is 23.7 Å². The molecule has 94 valence electrons. The van der Waals surface area contributed by atoms with E-state index in [-0.39, 0.29) is 18.3 Å². The van der Waals surface area contributed by atoms with E-state index in [1.807, 2.05) is 30.5 Å². The largest absolute Gasteiger partial charge is 0.317 e.